The lowest BCUT2D eigenvalue weighted by Crippen LogP contribution is -2.26. The molecule has 78 valence electrons. The van der Waals surface area contributed by atoms with Crippen molar-refractivity contribution >= 4 is 11.6 Å². The highest BCUT2D eigenvalue weighted by Gasteiger charge is 2.20. The van der Waals surface area contributed by atoms with Crippen molar-refractivity contribution in [3.05, 3.63) is 36.4 Å². The van der Waals surface area contributed by atoms with Gasteiger partial charge in [-0.3, -0.25) is 4.79 Å². The Hall–Kier alpha value is -1.77. The summed E-state index contributed by atoms with van der Waals surface area (Å²) in [7, 11) is 0. The van der Waals surface area contributed by atoms with Gasteiger partial charge in [0.25, 0.3) is 5.91 Å². The maximum absolute atomic E-state index is 11.1. The van der Waals surface area contributed by atoms with Gasteiger partial charge < -0.3 is 10.1 Å². The Kier molecular flexibility index (Phi) is 2.46. The first-order valence-corrected chi connectivity index (χ1v) is 4.90. The minimum atomic E-state index is -0.106. The molecule has 1 aliphatic heterocycles. The summed E-state index contributed by atoms with van der Waals surface area (Å²) in [6.45, 7) is 5.89. The van der Waals surface area contributed by atoms with Crippen LogP contribution in [0.4, 0.5) is 5.69 Å². The van der Waals surface area contributed by atoms with Crippen LogP contribution in [0, 0.1) is 0 Å². The number of hydrogen-bond donors (Lipinski definition) is 1. The molecule has 1 aromatic rings. The van der Waals surface area contributed by atoms with E-state index in [2.05, 4.69) is 11.9 Å². The minimum Gasteiger partial charge on any atom is -0.481 e. The van der Waals surface area contributed by atoms with Crippen molar-refractivity contribution in [3.63, 3.8) is 0 Å². The normalized spacial score (nSPS) is 15.9. The summed E-state index contributed by atoms with van der Waals surface area (Å²) in [5.74, 6) is 0.880. The zero-order valence-corrected chi connectivity index (χ0v) is 8.62. The van der Waals surface area contributed by atoms with Crippen molar-refractivity contribution in [1.82, 2.24) is 0 Å². The number of carbonyl (C=O) groups excluding carboxylic acids is 1. The van der Waals surface area contributed by atoms with Crippen LogP contribution in [0.5, 0.6) is 5.75 Å². The molecule has 0 aromatic heterocycles. The Labute approximate surface area is 88.8 Å². The summed E-state index contributed by atoms with van der Waals surface area (Å²) in [4.78, 5) is 11.1. The summed E-state index contributed by atoms with van der Waals surface area (Å²) in [5.41, 5.74) is 1.81. The van der Waals surface area contributed by atoms with E-state index in [0.717, 1.165) is 17.0 Å². The molecule has 0 radical (unpaired) electrons. The van der Waals surface area contributed by atoms with E-state index >= 15 is 0 Å². The fraction of sp³-hybridized carbons (Fsp3) is 0.250. The van der Waals surface area contributed by atoms with E-state index in [1.165, 1.54) is 0 Å². The molecule has 0 spiro atoms. The summed E-state index contributed by atoms with van der Waals surface area (Å²) in [6.07, 6.45) is 1.86. The Bertz CT molecular complexity index is 412. The van der Waals surface area contributed by atoms with Crippen LogP contribution in [0.3, 0.4) is 0 Å². The lowest BCUT2D eigenvalue weighted by molar-refractivity contribution is -0.118. The number of benzene rings is 1. The number of anilines is 1. The Morgan fingerprint density at radius 3 is 3.13 bits per heavy atom. The summed E-state index contributed by atoms with van der Waals surface area (Å²) in [6, 6.07) is 5.73. The molecule has 1 amide bonds. The Balaban J connectivity index is 2.45. The van der Waals surface area contributed by atoms with Gasteiger partial charge in [0, 0.05) is 11.5 Å². The minimum absolute atomic E-state index is 0.0911. The zero-order valence-electron chi connectivity index (χ0n) is 8.62. The van der Waals surface area contributed by atoms with E-state index in [-0.39, 0.29) is 18.4 Å². The lowest BCUT2D eigenvalue weighted by Gasteiger charge is -2.22. The molecule has 3 nitrogen and oxygen atoms in total. The van der Waals surface area contributed by atoms with Gasteiger partial charge in [-0.25, -0.2) is 0 Å². The molecule has 0 aliphatic carbocycles. The van der Waals surface area contributed by atoms with Crippen molar-refractivity contribution in [3.8, 4) is 5.75 Å². The number of fused-ring (bicyclic) bond motifs is 1. The number of hydrogen-bond acceptors (Lipinski definition) is 2. The second-order valence-electron chi connectivity index (χ2n) is 3.59. The number of para-hydroxylation sites is 1. The molecule has 15 heavy (non-hydrogen) atoms. The van der Waals surface area contributed by atoms with Crippen LogP contribution in [-0.2, 0) is 4.79 Å². The predicted molar refractivity (Wildman–Crippen MR) is 59.2 cm³/mol. The maximum atomic E-state index is 11.1. The van der Waals surface area contributed by atoms with Crippen molar-refractivity contribution in [2.45, 2.75) is 12.8 Å². The maximum Gasteiger partial charge on any atom is 0.262 e. The molecule has 0 fully saturated rings. The molecule has 0 saturated heterocycles. The summed E-state index contributed by atoms with van der Waals surface area (Å²) >= 11 is 0. The SMILES string of the molecule is C=CC(C)c1cccc2c1OCC(=O)N2. The summed E-state index contributed by atoms with van der Waals surface area (Å²) in [5, 5.41) is 2.78. The Morgan fingerprint density at radius 2 is 2.40 bits per heavy atom. The monoisotopic (exact) mass is 203 g/mol. The molecule has 1 N–H and O–H groups in total. The van der Waals surface area contributed by atoms with Crippen molar-refractivity contribution in [2.24, 2.45) is 0 Å². The molecular weight excluding hydrogens is 190 g/mol. The topological polar surface area (TPSA) is 38.3 Å². The average Bonchev–Trinajstić information content (AvgIpc) is 2.26. The van der Waals surface area contributed by atoms with Crippen LogP contribution in [0.15, 0.2) is 30.9 Å². The molecule has 1 aliphatic rings. The third kappa shape index (κ3) is 1.73. The number of amides is 1. The van der Waals surface area contributed by atoms with Gasteiger partial charge in [0.05, 0.1) is 5.69 Å². The average molecular weight is 203 g/mol. The first kappa shape index (κ1) is 9.77. The van der Waals surface area contributed by atoms with E-state index in [1.54, 1.807) is 0 Å². The number of rotatable bonds is 2. The van der Waals surface area contributed by atoms with Gasteiger partial charge in [0.2, 0.25) is 0 Å². The molecule has 0 bridgehead atoms. The molecule has 0 saturated carbocycles. The van der Waals surface area contributed by atoms with E-state index in [1.807, 2.05) is 31.2 Å². The number of nitrogens with one attached hydrogen (secondary N) is 1. The van der Waals surface area contributed by atoms with Gasteiger partial charge in [-0.05, 0) is 6.07 Å². The highest BCUT2D eigenvalue weighted by molar-refractivity contribution is 5.95. The molecule has 1 atom stereocenters. The molecule has 3 heteroatoms. The van der Waals surface area contributed by atoms with Gasteiger partial charge in [0.15, 0.2) is 6.61 Å². The van der Waals surface area contributed by atoms with Crippen LogP contribution in [-0.4, -0.2) is 12.5 Å². The van der Waals surface area contributed by atoms with E-state index in [9.17, 15) is 4.79 Å². The third-order valence-corrected chi connectivity index (χ3v) is 2.51. The smallest absolute Gasteiger partial charge is 0.262 e. The number of allylic oxidation sites excluding steroid dienone is 1. The fourth-order valence-electron chi connectivity index (χ4n) is 1.62. The second-order valence-corrected chi connectivity index (χ2v) is 3.59. The molecule has 2 rings (SSSR count). The second kappa shape index (κ2) is 3.77. The molecule has 1 unspecified atom stereocenters. The van der Waals surface area contributed by atoms with Crippen molar-refractivity contribution < 1.29 is 9.53 Å². The highest BCUT2D eigenvalue weighted by Crippen LogP contribution is 2.36. The Morgan fingerprint density at radius 1 is 1.60 bits per heavy atom. The third-order valence-electron chi connectivity index (χ3n) is 2.51. The van der Waals surface area contributed by atoms with E-state index < -0.39 is 0 Å². The first-order valence-electron chi connectivity index (χ1n) is 4.90. The van der Waals surface area contributed by atoms with Crippen molar-refractivity contribution in [2.75, 3.05) is 11.9 Å². The highest BCUT2D eigenvalue weighted by atomic mass is 16.5. The quantitative estimate of drug-likeness (QED) is 0.749. The number of ether oxygens (including phenoxy) is 1. The number of carbonyl (C=O) groups is 1. The van der Waals surface area contributed by atoms with Crippen LogP contribution in [0.25, 0.3) is 0 Å². The molecule has 1 heterocycles. The standard InChI is InChI=1S/C12H13NO2/c1-3-8(2)9-5-4-6-10-12(9)15-7-11(14)13-10/h3-6,8H,1,7H2,2H3,(H,13,14). The van der Waals surface area contributed by atoms with Crippen LogP contribution >= 0.6 is 0 Å². The van der Waals surface area contributed by atoms with Crippen LogP contribution in [0.2, 0.25) is 0 Å². The first-order chi connectivity index (χ1) is 7.22. The largest absolute Gasteiger partial charge is 0.481 e. The van der Waals surface area contributed by atoms with Crippen LogP contribution in [0.1, 0.15) is 18.4 Å². The zero-order chi connectivity index (χ0) is 10.8. The van der Waals surface area contributed by atoms with Gasteiger partial charge >= 0.3 is 0 Å². The lowest BCUT2D eigenvalue weighted by atomic mass is 9.99. The molecular formula is C12H13NO2. The predicted octanol–water partition coefficient (Wildman–Crippen LogP) is 2.31. The fourth-order valence-corrected chi connectivity index (χ4v) is 1.62. The van der Waals surface area contributed by atoms with Gasteiger partial charge in [-0.1, -0.05) is 25.1 Å². The van der Waals surface area contributed by atoms with Gasteiger partial charge in [-0.15, -0.1) is 6.58 Å². The van der Waals surface area contributed by atoms with Crippen LogP contribution < -0.4 is 10.1 Å². The van der Waals surface area contributed by atoms with Crippen molar-refractivity contribution in [1.29, 1.82) is 0 Å². The molecule has 1 aromatic carbocycles. The summed E-state index contributed by atoms with van der Waals surface area (Å²) < 4.78 is 5.43. The van der Waals surface area contributed by atoms with E-state index in [4.69, 9.17) is 4.74 Å². The van der Waals surface area contributed by atoms with Gasteiger partial charge in [0.1, 0.15) is 5.75 Å². The van der Waals surface area contributed by atoms with Gasteiger partial charge in [-0.2, -0.15) is 0 Å². The van der Waals surface area contributed by atoms with E-state index in [0.29, 0.717) is 0 Å².